The number of benzene rings is 1. The molecule has 1 amide bonds. The van der Waals surface area contributed by atoms with Crippen LogP contribution in [0.1, 0.15) is 30.9 Å². The predicted octanol–water partition coefficient (Wildman–Crippen LogP) is 4.06. The van der Waals surface area contributed by atoms with Gasteiger partial charge in [-0.2, -0.15) is 28.5 Å². The first-order valence-electron chi connectivity index (χ1n) is 10.4. The molecule has 2 atom stereocenters. The Morgan fingerprint density at radius 2 is 2.09 bits per heavy atom. The van der Waals surface area contributed by atoms with Crippen LogP contribution in [-0.2, 0) is 23.4 Å². The Kier molecular flexibility index (Phi) is 4.51. The van der Waals surface area contributed by atoms with E-state index in [1.54, 1.807) is 41.2 Å². The fraction of sp³-hybridized carbons (Fsp3) is 0.364. The second kappa shape index (κ2) is 7.04. The molecular formula is C22H21F3N6O. The molecule has 10 heteroatoms. The number of hydrogen-bond acceptors (Lipinski definition) is 5. The number of rotatable bonds is 3. The van der Waals surface area contributed by atoms with Crippen LogP contribution >= 0.6 is 0 Å². The third-order valence-electron chi connectivity index (χ3n) is 6.44. The third kappa shape index (κ3) is 2.89. The molecule has 0 bridgehead atoms. The van der Waals surface area contributed by atoms with Gasteiger partial charge in [0, 0.05) is 43.5 Å². The Bertz CT molecular complexity index is 1190. The van der Waals surface area contributed by atoms with Gasteiger partial charge in [-0.25, -0.2) is 0 Å². The van der Waals surface area contributed by atoms with Gasteiger partial charge in [0.1, 0.15) is 0 Å². The van der Waals surface area contributed by atoms with Crippen molar-refractivity contribution in [1.82, 2.24) is 15.1 Å². The van der Waals surface area contributed by atoms with Crippen molar-refractivity contribution < 1.29 is 18.0 Å². The summed E-state index contributed by atoms with van der Waals surface area (Å²) in [6, 6.07) is 6.97. The maximum Gasteiger partial charge on any atom is 0.416 e. The van der Waals surface area contributed by atoms with Crippen LogP contribution in [0.4, 0.5) is 19.0 Å². The minimum absolute atomic E-state index is 0.275. The first-order valence-corrected chi connectivity index (χ1v) is 10.4. The molecule has 166 valence electrons. The van der Waals surface area contributed by atoms with Gasteiger partial charge < -0.3 is 5.32 Å². The molecule has 0 spiro atoms. The summed E-state index contributed by atoms with van der Waals surface area (Å²) in [5, 5.41) is 15.9. The van der Waals surface area contributed by atoms with Crippen LogP contribution in [0.25, 0.3) is 0 Å². The molecule has 0 saturated heterocycles. The van der Waals surface area contributed by atoms with Crippen molar-refractivity contribution in [2.75, 3.05) is 11.4 Å². The topological polar surface area (TPSA) is 74.9 Å². The van der Waals surface area contributed by atoms with Crippen LogP contribution in [0.3, 0.4) is 0 Å². The fourth-order valence-corrected chi connectivity index (χ4v) is 4.98. The summed E-state index contributed by atoms with van der Waals surface area (Å²) in [5.74, 6) is 0.234. The third-order valence-corrected chi connectivity index (χ3v) is 6.44. The summed E-state index contributed by atoms with van der Waals surface area (Å²) in [5.41, 5.74) is 0.381. The molecule has 3 aliphatic heterocycles. The summed E-state index contributed by atoms with van der Waals surface area (Å²) < 4.78 is 42.3. The first kappa shape index (κ1) is 20.5. The number of alkyl halides is 3. The summed E-state index contributed by atoms with van der Waals surface area (Å²) in [6.07, 6.45) is -0.792. The number of aryl methyl sites for hydroxylation is 1. The molecular weight excluding hydrogens is 421 g/mol. The van der Waals surface area contributed by atoms with Crippen LogP contribution in [0.2, 0.25) is 0 Å². The van der Waals surface area contributed by atoms with Gasteiger partial charge in [0.15, 0.2) is 12.0 Å². The Balaban J connectivity index is 1.71. The number of azo groups is 1. The van der Waals surface area contributed by atoms with Crippen molar-refractivity contribution in [3.63, 3.8) is 0 Å². The summed E-state index contributed by atoms with van der Waals surface area (Å²) in [7, 11) is 1.76. The van der Waals surface area contributed by atoms with E-state index >= 15 is 0 Å². The minimum atomic E-state index is -4.50. The SMILES string of the molecule is CC[C@@]1(c2cccc(C(F)(F)F)c2)C2=CN=NC2NC2=C1C(=O)N(c1ccn(C)n1)CC2. The van der Waals surface area contributed by atoms with Gasteiger partial charge in [0.25, 0.3) is 5.91 Å². The van der Waals surface area contributed by atoms with Crippen molar-refractivity contribution in [3.05, 3.63) is 70.7 Å². The summed E-state index contributed by atoms with van der Waals surface area (Å²) in [4.78, 5) is 15.4. The number of fused-ring (bicyclic) bond motifs is 1. The molecule has 0 radical (unpaired) electrons. The molecule has 1 aromatic heterocycles. The molecule has 32 heavy (non-hydrogen) atoms. The summed E-state index contributed by atoms with van der Waals surface area (Å²) in [6.45, 7) is 2.28. The molecule has 1 N–H and O–H groups in total. The lowest BCUT2D eigenvalue weighted by Gasteiger charge is -2.47. The zero-order valence-corrected chi connectivity index (χ0v) is 17.5. The molecule has 3 aliphatic rings. The van der Waals surface area contributed by atoms with Crippen LogP contribution < -0.4 is 10.2 Å². The van der Waals surface area contributed by atoms with E-state index < -0.39 is 23.3 Å². The average Bonchev–Trinajstić information content (AvgIpc) is 3.41. The molecule has 0 fully saturated rings. The predicted molar refractivity (Wildman–Crippen MR) is 110 cm³/mol. The number of anilines is 1. The standard InChI is InChI=1S/C22H21F3N6O/c1-3-21(13-5-4-6-14(11-13)22(23,24)25)15-12-26-28-19(15)27-16-7-10-31(20(32)18(16)21)17-8-9-30(2)29-17/h4-6,8-9,11-12,19,27H,3,7,10H2,1-2H3/t19?,21-/m1/s1. The van der Waals surface area contributed by atoms with Gasteiger partial charge in [0.05, 0.1) is 22.8 Å². The van der Waals surface area contributed by atoms with Gasteiger partial charge in [-0.05, 0) is 18.1 Å². The Morgan fingerprint density at radius 1 is 1.28 bits per heavy atom. The fourth-order valence-electron chi connectivity index (χ4n) is 4.98. The molecule has 2 aromatic rings. The largest absolute Gasteiger partial charge is 0.416 e. The maximum absolute atomic E-state index is 13.9. The van der Waals surface area contributed by atoms with E-state index in [2.05, 4.69) is 20.6 Å². The average molecular weight is 442 g/mol. The summed E-state index contributed by atoms with van der Waals surface area (Å²) >= 11 is 0. The van der Waals surface area contributed by atoms with Crippen LogP contribution in [-0.4, -0.2) is 28.4 Å². The number of nitrogens with zero attached hydrogens (tertiary/aromatic N) is 5. The number of halogens is 3. The van der Waals surface area contributed by atoms with Gasteiger partial charge in [0.2, 0.25) is 0 Å². The number of carbonyl (C=O) groups excluding carboxylic acids is 1. The molecule has 0 saturated carbocycles. The van der Waals surface area contributed by atoms with E-state index in [0.29, 0.717) is 47.6 Å². The quantitative estimate of drug-likeness (QED) is 0.779. The number of hydrogen-bond donors (Lipinski definition) is 1. The Morgan fingerprint density at radius 3 is 2.78 bits per heavy atom. The normalized spacial score (nSPS) is 24.9. The van der Waals surface area contributed by atoms with E-state index in [1.165, 1.54) is 6.07 Å². The Labute approximate surface area is 182 Å². The monoisotopic (exact) mass is 442 g/mol. The second-order valence-electron chi connectivity index (χ2n) is 8.11. The van der Waals surface area contributed by atoms with E-state index in [1.807, 2.05) is 6.92 Å². The minimum Gasteiger partial charge on any atom is -0.362 e. The molecule has 7 nitrogen and oxygen atoms in total. The van der Waals surface area contributed by atoms with Crippen LogP contribution in [0.15, 0.2) is 69.8 Å². The number of carbonyl (C=O) groups is 1. The molecule has 1 aromatic carbocycles. The van der Waals surface area contributed by atoms with Crippen molar-refractivity contribution >= 4 is 11.7 Å². The number of amides is 1. The zero-order chi connectivity index (χ0) is 22.7. The van der Waals surface area contributed by atoms with Crippen molar-refractivity contribution in [2.45, 2.75) is 37.5 Å². The highest BCUT2D eigenvalue weighted by Gasteiger charge is 2.53. The molecule has 0 aliphatic carbocycles. The lowest BCUT2D eigenvalue weighted by Crippen LogP contribution is -2.54. The zero-order valence-electron chi connectivity index (χ0n) is 17.5. The second-order valence-corrected chi connectivity index (χ2v) is 8.11. The lowest BCUT2D eigenvalue weighted by atomic mass is 9.62. The highest BCUT2D eigenvalue weighted by Crippen LogP contribution is 2.51. The van der Waals surface area contributed by atoms with Crippen molar-refractivity contribution in [1.29, 1.82) is 0 Å². The van der Waals surface area contributed by atoms with Gasteiger partial charge in [-0.1, -0.05) is 25.1 Å². The highest BCUT2D eigenvalue weighted by molar-refractivity contribution is 6.09. The number of aromatic nitrogens is 2. The lowest BCUT2D eigenvalue weighted by molar-refractivity contribution is -0.137. The molecule has 4 heterocycles. The van der Waals surface area contributed by atoms with E-state index in [9.17, 15) is 18.0 Å². The van der Waals surface area contributed by atoms with E-state index in [4.69, 9.17) is 0 Å². The van der Waals surface area contributed by atoms with Gasteiger partial charge in [-0.15, -0.1) is 0 Å². The first-order chi connectivity index (χ1) is 15.3. The Hall–Kier alpha value is -3.43. The van der Waals surface area contributed by atoms with Gasteiger partial charge in [-0.3, -0.25) is 14.4 Å². The van der Waals surface area contributed by atoms with Crippen molar-refractivity contribution in [3.8, 4) is 0 Å². The van der Waals surface area contributed by atoms with E-state index in [-0.39, 0.29) is 5.91 Å². The molecule has 1 unspecified atom stereocenters. The van der Waals surface area contributed by atoms with Crippen LogP contribution in [0.5, 0.6) is 0 Å². The van der Waals surface area contributed by atoms with Gasteiger partial charge >= 0.3 is 6.18 Å². The van der Waals surface area contributed by atoms with E-state index in [0.717, 1.165) is 12.1 Å². The number of nitrogens with one attached hydrogen (secondary N) is 1. The smallest absolute Gasteiger partial charge is 0.362 e. The van der Waals surface area contributed by atoms with Crippen LogP contribution in [0, 0.1) is 0 Å². The highest BCUT2D eigenvalue weighted by atomic mass is 19.4. The molecule has 5 rings (SSSR count). The van der Waals surface area contributed by atoms with Crippen molar-refractivity contribution in [2.24, 2.45) is 17.3 Å². The maximum atomic E-state index is 13.9.